The summed E-state index contributed by atoms with van der Waals surface area (Å²) < 4.78 is 40.4. The van der Waals surface area contributed by atoms with E-state index in [2.05, 4.69) is 0 Å². The van der Waals surface area contributed by atoms with Crippen molar-refractivity contribution in [3.63, 3.8) is 0 Å². The highest BCUT2D eigenvalue weighted by Gasteiger charge is 2.27. The van der Waals surface area contributed by atoms with Gasteiger partial charge in [0.15, 0.2) is 0 Å². The van der Waals surface area contributed by atoms with Crippen molar-refractivity contribution in [1.82, 2.24) is 5.32 Å². The minimum Gasteiger partial charge on any atom is -0.497 e. The van der Waals surface area contributed by atoms with Crippen molar-refractivity contribution in [2.45, 2.75) is 6.18 Å². The van der Waals surface area contributed by atoms with Crippen molar-refractivity contribution < 1.29 is 22.7 Å². The summed E-state index contributed by atoms with van der Waals surface area (Å²) in [5.41, 5.74) is 0.663. The van der Waals surface area contributed by atoms with Crippen molar-refractivity contribution in [3.8, 4) is 5.75 Å². The molecule has 0 bridgehead atoms. The molecule has 1 rings (SSSR count). The van der Waals surface area contributed by atoms with Crippen molar-refractivity contribution in [3.05, 3.63) is 35.9 Å². The van der Waals surface area contributed by atoms with Crippen molar-refractivity contribution in [2.75, 3.05) is 13.7 Å². The topological polar surface area (TPSA) is 38.3 Å². The fraction of sp³-hybridized carbons (Fsp3) is 0.250. The quantitative estimate of drug-likeness (QED) is 0.843. The number of amides is 1. The lowest BCUT2D eigenvalue weighted by molar-refractivity contribution is -0.135. The van der Waals surface area contributed by atoms with Crippen LogP contribution in [0.15, 0.2) is 30.3 Å². The van der Waals surface area contributed by atoms with Crippen LogP contribution in [0.25, 0.3) is 6.08 Å². The van der Waals surface area contributed by atoms with Gasteiger partial charge >= 0.3 is 6.18 Å². The van der Waals surface area contributed by atoms with Gasteiger partial charge in [-0.1, -0.05) is 12.1 Å². The van der Waals surface area contributed by atoms with Crippen LogP contribution in [0.1, 0.15) is 5.56 Å². The Morgan fingerprint density at radius 1 is 1.44 bits per heavy atom. The van der Waals surface area contributed by atoms with Crippen LogP contribution in [0, 0.1) is 0 Å². The highest BCUT2D eigenvalue weighted by atomic mass is 19.4. The Morgan fingerprint density at radius 3 is 2.78 bits per heavy atom. The van der Waals surface area contributed by atoms with Gasteiger partial charge in [0.1, 0.15) is 12.3 Å². The number of ether oxygens (including phenoxy) is 1. The Morgan fingerprint density at radius 2 is 2.17 bits per heavy atom. The second-order valence-electron chi connectivity index (χ2n) is 3.44. The normalized spacial score (nSPS) is 11.6. The van der Waals surface area contributed by atoms with Gasteiger partial charge in [-0.15, -0.1) is 0 Å². The van der Waals surface area contributed by atoms with E-state index in [1.807, 2.05) is 0 Å². The molecule has 0 aliphatic heterocycles. The molecule has 1 aromatic carbocycles. The zero-order chi connectivity index (χ0) is 13.6. The second-order valence-corrected chi connectivity index (χ2v) is 3.44. The van der Waals surface area contributed by atoms with Crippen molar-refractivity contribution in [1.29, 1.82) is 0 Å². The molecule has 6 heteroatoms. The van der Waals surface area contributed by atoms with Crippen LogP contribution in [0.2, 0.25) is 0 Å². The summed E-state index contributed by atoms with van der Waals surface area (Å²) in [7, 11) is 1.50. The SMILES string of the molecule is COc1cccc(/C=C\C(=O)NCC(F)(F)F)c1. The third-order valence-corrected chi connectivity index (χ3v) is 1.98. The molecule has 98 valence electrons. The fourth-order valence-corrected chi connectivity index (χ4v) is 1.16. The Hall–Kier alpha value is -1.98. The lowest BCUT2D eigenvalue weighted by atomic mass is 10.2. The number of benzene rings is 1. The number of rotatable bonds is 4. The van der Waals surface area contributed by atoms with Gasteiger partial charge in [0, 0.05) is 6.08 Å². The first-order valence-corrected chi connectivity index (χ1v) is 5.07. The third-order valence-electron chi connectivity index (χ3n) is 1.98. The van der Waals surface area contributed by atoms with Gasteiger partial charge in [0.25, 0.3) is 0 Å². The maximum atomic E-state index is 11.8. The average Bonchev–Trinajstić information content (AvgIpc) is 2.33. The molecule has 3 nitrogen and oxygen atoms in total. The maximum Gasteiger partial charge on any atom is 0.405 e. The van der Waals surface area contributed by atoms with E-state index in [0.717, 1.165) is 6.08 Å². The molecular weight excluding hydrogens is 247 g/mol. The molecule has 0 aromatic heterocycles. The Kier molecular flexibility index (Phi) is 4.76. The van der Waals surface area contributed by atoms with Crippen LogP contribution in [0.4, 0.5) is 13.2 Å². The number of halogens is 3. The number of hydrogen-bond donors (Lipinski definition) is 1. The highest BCUT2D eigenvalue weighted by Crippen LogP contribution is 2.14. The average molecular weight is 259 g/mol. The Balaban J connectivity index is 2.55. The van der Waals surface area contributed by atoms with Gasteiger partial charge in [-0.2, -0.15) is 13.2 Å². The molecule has 1 aromatic rings. The van der Waals surface area contributed by atoms with E-state index in [1.54, 1.807) is 29.6 Å². The highest BCUT2D eigenvalue weighted by molar-refractivity contribution is 5.91. The standard InChI is InChI=1S/C12H12F3NO2/c1-18-10-4-2-3-9(7-10)5-6-11(17)16-8-12(13,14)15/h2-7H,8H2,1H3,(H,16,17)/b6-5-. The smallest absolute Gasteiger partial charge is 0.405 e. The van der Waals surface area contributed by atoms with E-state index < -0.39 is 18.6 Å². The molecule has 0 atom stereocenters. The van der Waals surface area contributed by atoms with Gasteiger partial charge < -0.3 is 10.1 Å². The lowest BCUT2D eigenvalue weighted by Crippen LogP contribution is -2.32. The molecule has 1 amide bonds. The number of carbonyl (C=O) groups excluding carboxylic acids is 1. The fourth-order valence-electron chi connectivity index (χ4n) is 1.16. The molecule has 0 saturated heterocycles. The summed E-state index contributed by atoms with van der Waals surface area (Å²) >= 11 is 0. The van der Waals surface area contributed by atoms with Crippen LogP contribution < -0.4 is 10.1 Å². The molecule has 18 heavy (non-hydrogen) atoms. The first-order chi connectivity index (χ1) is 8.40. The van der Waals surface area contributed by atoms with E-state index in [-0.39, 0.29) is 0 Å². The van der Waals surface area contributed by atoms with Crippen LogP contribution in [-0.4, -0.2) is 25.7 Å². The summed E-state index contributed by atoms with van der Waals surface area (Å²) in [6, 6.07) is 6.80. The number of hydrogen-bond acceptors (Lipinski definition) is 2. The number of methoxy groups -OCH3 is 1. The molecule has 0 saturated carbocycles. The van der Waals surface area contributed by atoms with Crippen LogP contribution in [0.3, 0.4) is 0 Å². The minimum absolute atomic E-state index is 0.604. The summed E-state index contributed by atoms with van der Waals surface area (Å²) in [5.74, 6) is -0.192. The monoisotopic (exact) mass is 259 g/mol. The van der Waals surface area contributed by atoms with E-state index in [1.165, 1.54) is 13.2 Å². The third kappa shape index (κ3) is 5.38. The van der Waals surface area contributed by atoms with Gasteiger partial charge in [-0.05, 0) is 23.8 Å². The van der Waals surface area contributed by atoms with Crippen molar-refractivity contribution in [2.24, 2.45) is 0 Å². The van der Waals surface area contributed by atoms with Gasteiger partial charge in [-0.3, -0.25) is 4.79 Å². The molecule has 0 radical (unpaired) electrons. The lowest BCUT2D eigenvalue weighted by Gasteiger charge is -2.05. The van der Waals surface area contributed by atoms with E-state index in [9.17, 15) is 18.0 Å². The second kappa shape index (κ2) is 6.09. The molecule has 0 aliphatic carbocycles. The molecular formula is C12H12F3NO2. The molecule has 1 N–H and O–H groups in total. The molecule has 0 unspecified atom stereocenters. The predicted molar refractivity (Wildman–Crippen MR) is 61.1 cm³/mol. The first-order valence-electron chi connectivity index (χ1n) is 5.07. The number of nitrogens with one attached hydrogen (secondary N) is 1. The summed E-state index contributed by atoms with van der Waals surface area (Å²) in [4.78, 5) is 11.1. The Bertz CT molecular complexity index is 441. The Labute approximate surface area is 102 Å². The number of carbonyl (C=O) groups is 1. The van der Waals surface area contributed by atoms with Crippen LogP contribution in [0.5, 0.6) is 5.75 Å². The molecule has 0 spiro atoms. The van der Waals surface area contributed by atoms with E-state index >= 15 is 0 Å². The largest absolute Gasteiger partial charge is 0.497 e. The van der Waals surface area contributed by atoms with Gasteiger partial charge in [-0.25, -0.2) is 0 Å². The van der Waals surface area contributed by atoms with E-state index in [4.69, 9.17) is 4.74 Å². The van der Waals surface area contributed by atoms with Crippen LogP contribution >= 0.6 is 0 Å². The number of alkyl halides is 3. The zero-order valence-electron chi connectivity index (χ0n) is 9.62. The minimum atomic E-state index is -4.40. The summed E-state index contributed by atoms with van der Waals surface area (Å²) in [5, 5.41) is 1.74. The zero-order valence-corrected chi connectivity index (χ0v) is 9.62. The van der Waals surface area contributed by atoms with E-state index in [0.29, 0.717) is 11.3 Å². The first kappa shape index (κ1) is 14.1. The predicted octanol–water partition coefficient (Wildman–Crippen LogP) is 2.39. The van der Waals surface area contributed by atoms with Gasteiger partial charge in [0.2, 0.25) is 5.91 Å². The van der Waals surface area contributed by atoms with Gasteiger partial charge in [0.05, 0.1) is 7.11 Å². The summed E-state index contributed by atoms with van der Waals surface area (Å²) in [6.07, 6.45) is -1.95. The molecule has 0 aliphatic rings. The molecule has 0 fully saturated rings. The van der Waals surface area contributed by atoms with Crippen LogP contribution in [-0.2, 0) is 4.79 Å². The molecule has 0 heterocycles. The maximum absolute atomic E-state index is 11.8. The van der Waals surface area contributed by atoms with Crippen molar-refractivity contribution >= 4 is 12.0 Å². The summed E-state index contributed by atoms with van der Waals surface area (Å²) in [6.45, 7) is -1.34.